The van der Waals surface area contributed by atoms with Crippen LogP contribution in [0.1, 0.15) is 35.2 Å². The highest BCUT2D eigenvalue weighted by atomic mass is 35.5. The van der Waals surface area contributed by atoms with E-state index in [1.165, 1.54) is 12.8 Å². The van der Waals surface area contributed by atoms with Crippen LogP contribution in [0.2, 0.25) is 5.02 Å². The summed E-state index contributed by atoms with van der Waals surface area (Å²) in [5.74, 6) is 1.01. The van der Waals surface area contributed by atoms with Gasteiger partial charge in [0.1, 0.15) is 5.82 Å². The van der Waals surface area contributed by atoms with Gasteiger partial charge in [-0.05, 0) is 43.0 Å². The first-order valence-corrected chi connectivity index (χ1v) is 9.50. The van der Waals surface area contributed by atoms with E-state index in [0.717, 1.165) is 46.3 Å². The molecular formula is C20H23ClN4O. The van der Waals surface area contributed by atoms with Crippen molar-refractivity contribution in [2.45, 2.75) is 39.4 Å². The molecule has 0 saturated carbocycles. The highest BCUT2D eigenvalue weighted by molar-refractivity contribution is 6.31. The van der Waals surface area contributed by atoms with Gasteiger partial charge in [0.05, 0.1) is 0 Å². The molecule has 0 spiro atoms. The van der Waals surface area contributed by atoms with E-state index in [9.17, 15) is 4.79 Å². The Morgan fingerprint density at radius 2 is 2.00 bits per heavy atom. The Hall–Kier alpha value is -2.27. The average molecular weight is 371 g/mol. The predicted molar refractivity (Wildman–Crippen MR) is 103 cm³/mol. The average Bonchev–Trinajstić information content (AvgIpc) is 3.30. The van der Waals surface area contributed by atoms with Crippen LogP contribution in [0.4, 0.5) is 10.6 Å². The lowest BCUT2D eigenvalue weighted by Crippen LogP contribution is -2.36. The van der Waals surface area contributed by atoms with E-state index in [4.69, 9.17) is 16.6 Å². The van der Waals surface area contributed by atoms with Crippen LogP contribution in [0.5, 0.6) is 0 Å². The van der Waals surface area contributed by atoms with Crippen LogP contribution in [0.15, 0.2) is 30.3 Å². The van der Waals surface area contributed by atoms with E-state index in [1.807, 2.05) is 31.2 Å². The molecular weight excluding hydrogens is 348 g/mol. The minimum atomic E-state index is -0.0646. The predicted octanol–water partition coefficient (Wildman–Crippen LogP) is 3.87. The Kier molecular flexibility index (Phi) is 4.72. The Balaban J connectivity index is 1.43. The lowest BCUT2D eigenvalue weighted by atomic mass is 10.1. The zero-order valence-corrected chi connectivity index (χ0v) is 15.7. The molecule has 1 N–H and O–H groups in total. The fraction of sp³-hybridized carbons (Fsp3) is 0.400. The van der Waals surface area contributed by atoms with Crippen molar-refractivity contribution in [3.8, 4) is 0 Å². The van der Waals surface area contributed by atoms with E-state index in [0.29, 0.717) is 19.6 Å². The number of benzene rings is 1. The molecule has 136 valence electrons. The number of pyridine rings is 1. The molecule has 3 heterocycles. The van der Waals surface area contributed by atoms with Gasteiger partial charge >= 0.3 is 6.03 Å². The molecule has 0 bridgehead atoms. The first kappa shape index (κ1) is 17.2. The van der Waals surface area contributed by atoms with Crippen LogP contribution in [0.25, 0.3) is 0 Å². The van der Waals surface area contributed by atoms with Crippen molar-refractivity contribution in [2.75, 3.05) is 18.0 Å². The fourth-order valence-electron chi connectivity index (χ4n) is 3.72. The minimum absolute atomic E-state index is 0.0646. The molecule has 1 aromatic carbocycles. The second-order valence-corrected chi connectivity index (χ2v) is 7.43. The Labute approximate surface area is 159 Å². The third-order valence-corrected chi connectivity index (χ3v) is 5.50. The van der Waals surface area contributed by atoms with E-state index < -0.39 is 0 Å². The number of rotatable bonds is 3. The molecule has 2 amide bonds. The number of anilines is 1. The van der Waals surface area contributed by atoms with E-state index in [1.54, 1.807) is 4.90 Å². The van der Waals surface area contributed by atoms with Gasteiger partial charge in [0, 0.05) is 49.0 Å². The molecule has 1 saturated heterocycles. The lowest BCUT2D eigenvalue weighted by Gasteiger charge is -2.22. The maximum absolute atomic E-state index is 12.6. The van der Waals surface area contributed by atoms with E-state index >= 15 is 0 Å². The van der Waals surface area contributed by atoms with Gasteiger partial charge in [-0.2, -0.15) is 0 Å². The van der Waals surface area contributed by atoms with Crippen LogP contribution in [-0.4, -0.2) is 29.0 Å². The number of urea groups is 1. The molecule has 0 unspecified atom stereocenters. The molecule has 0 radical (unpaired) electrons. The summed E-state index contributed by atoms with van der Waals surface area (Å²) >= 11 is 6.25. The number of nitrogens with one attached hydrogen (secondary N) is 1. The number of carbonyl (C=O) groups excluding carboxylic acids is 1. The maximum atomic E-state index is 12.6. The summed E-state index contributed by atoms with van der Waals surface area (Å²) < 4.78 is 0. The van der Waals surface area contributed by atoms with Crippen LogP contribution < -0.4 is 10.2 Å². The largest absolute Gasteiger partial charge is 0.356 e. The molecule has 0 atom stereocenters. The molecule has 6 heteroatoms. The van der Waals surface area contributed by atoms with Crippen LogP contribution in [0.3, 0.4) is 0 Å². The summed E-state index contributed by atoms with van der Waals surface area (Å²) in [7, 11) is 0. The number of nitrogens with zero attached hydrogens (tertiary/aromatic N) is 3. The van der Waals surface area contributed by atoms with Gasteiger partial charge in [-0.15, -0.1) is 0 Å². The number of aromatic nitrogens is 1. The molecule has 4 rings (SSSR count). The van der Waals surface area contributed by atoms with Crippen molar-refractivity contribution >= 4 is 23.4 Å². The number of carbonyl (C=O) groups is 1. The van der Waals surface area contributed by atoms with Gasteiger partial charge in [0.25, 0.3) is 0 Å². The number of halogens is 1. The number of hydrogen-bond acceptors (Lipinski definition) is 3. The number of amides is 2. The third-order valence-electron chi connectivity index (χ3n) is 5.14. The maximum Gasteiger partial charge on any atom is 0.318 e. The van der Waals surface area contributed by atoms with Crippen LogP contribution >= 0.6 is 11.6 Å². The molecule has 0 aliphatic carbocycles. The lowest BCUT2D eigenvalue weighted by molar-refractivity contribution is 0.198. The van der Waals surface area contributed by atoms with Crippen LogP contribution in [-0.2, 0) is 19.6 Å². The van der Waals surface area contributed by atoms with Crippen molar-refractivity contribution in [2.24, 2.45) is 0 Å². The Morgan fingerprint density at radius 1 is 1.19 bits per heavy atom. The van der Waals surface area contributed by atoms with Gasteiger partial charge in [-0.3, -0.25) is 0 Å². The summed E-state index contributed by atoms with van der Waals surface area (Å²) in [4.78, 5) is 21.5. The standard InChI is InChI=1S/C20H23ClN4O/c1-14-7-8-15(19(23-14)24-9-2-3-10-24)11-22-20(26)25-12-16-5-4-6-18(21)17(16)13-25/h4-8H,2-3,9-13H2,1H3,(H,22,26). The first-order chi connectivity index (χ1) is 12.6. The zero-order chi connectivity index (χ0) is 18.1. The highest BCUT2D eigenvalue weighted by Gasteiger charge is 2.25. The quantitative estimate of drug-likeness (QED) is 0.892. The normalized spacial score (nSPS) is 16.1. The molecule has 2 aromatic rings. The van der Waals surface area contributed by atoms with Gasteiger partial charge in [0.2, 0.25) is 0 Å². The van der Waals surface area contributed by atoms with Gasteiger partial charge < -0.3 is 15.1 Å². The van der Waals surface area contributed by atoms with Crippen molar-refractivity contribution in [1.29, 1.82) is 0 Å². The molecule has 2 aliphatic rings. The fourth-order valence-corrected chi connectivity index (χ4v) is 3.97. The van der Waals surface area contributed by atoms with Crippen molar-refractivity contribution in [3.63, 3.8) is 0 Å². The first-order valence-electron chi connectivity index (χ1n) is 9.12. The Bertz CT molecular complexity index is 833. The molecule has 1 fully saturated rings. The number of aryl methyl sites for hydroxylation is 1. The SMILES string of the molecule is Cc1ccc(CNC(=O)N2Cc3cccc(Cl)c3C2)c(N2CCCC2)n1. The monoisotopic (exact) mass is 370 g/mol. The summed E-state index contributed by atoms with van der Waals surface area (Å²) in [6, 6.07) is 9.86. The minimum Gasteiger partial charge on any atom is -0.356 e. The summed E-state index contributed by atoms with van der Waals surface area (Å²) in [5.41, 5.74) is 4.26. The Morgan fingerprint density at radius 3 is 2.77 bits per heavy atom. The van der Waals surface area contributed by atoms with Crippen molar-refractivity contribution in [3.05, 3.63) is 57.7 Å². The number of fused-ring (bicyclic) bond motifs is 1. The van der Waals surface area contributed by atoms with Crippen molar-refractivity contribution < 1.29 is 4.79 Å². The molecule has 2 aliphatic heterocycles. The molecule has 1 aromatic heterocycles. The van der Waals surface area contributed by atoms with Gasteiger partial charge in [-0.25, -0.2) is 9.78 Å². The molecule has 5 nitrogen and oxygen atoms in total. The van der Waals surface area contributed by atoms with Gasteiger partial charge in [-0.1, -0.05) is 29.8 Å². The second-order valence-electron chi connectivity index (χ2n) is 7.02. The van der Waals surface area contributed by atoms with Crippen LogP contribution in [0, 0.1) is 6.92 Å². The topological polar surface area (TPSA) is 48.5 Å². The summed E-state index contributed by atoms with van der Waals surface area (Å²) in [5, 5.41) is 3.79. The third kappa shape index (κ3) is 3.36. The highest BCUT2D eigenvalue weighted by Crippen LogP contribution is 2.29. The van der Waals surface area contributed by atoms with Crippen molar-refractivity contribution in [1.82, 2.24) is 15.2 Å². The van der Waals surface area contributed by atoms with Gasteiger partial charge in [0.15, 0.2) is 0 Å². The van der Waals surface area contributed by atoms with E-state index in [2.05, 4.69) is 16.3 Å². The second kappa shape index (κ2) is 7.16. The zero-order valence-electron chi connectivity index (χ0n) is 15.0. The smallest absolute Gasteiger partial charge is 0.318 e. The molecule has 26 heavy (non-hydrogen) atoms. The summed E-state index contributed by atoms with van der Waals surface area (Å²) in [6.45, 7) is 5.74. The summed E-state index contributed by atoms with van der Waals surface area (Å²) in [6.07, 6.45) is 2.41. The number of hydrogen-bond donors (Lipinski definition) is 1. The van der Waals surface area contributed by atoms with E-state index in [-0.39, 0.29) is 6.03 Å².